The Kier molecular flexibility index (Phi) is 9.17. The van der Waals surface area contributed by atoms with Gasteiger partial charge in [0.15, 0.2) is 0 Å². The van der Waals surface area contributed by atoms with E-state index in [1.54, 1.807) is 12.1 Å². The van der Waals surface area contributed by atoms with Crippen molar-refractivity contribution in [1.82, 2.24) is 0 Å². The van der Waals surface area contributed by atoms with E-state index in [1.807, 2.05) is 37.3 Å². The first-order valence-electron chi connectivity index (χ1n) is 8.91. The maximum absolute atomic E-state index is 12.1. The molecular weight excluding hydrogens is 398 g/mol. The molecule has 0 spiro atoms. The largest absolute Gasteiger partial charge is 0.495 e. The smallest absolute Gasteiger partial charge is 0.315 e. The minimum absolute atomic E-state index is 0.134. The summed E-state index contributed by atoms with van der Waals surface area (Å²) in [5.74, 6) is 0.235. The monoisotopic (exact) mass is 421 g/mol. The summed E-state index contributed by atoms with van der Waals surface area (Å²) in [4.78, 5) is 23.9. The highest BCUT2D eigenvalue weighted by molar-refractivity contribution is 8.00. The Labute approximate surface area is 174 Å². The number of anilines is 1. The fraction of sp³-hybridized carbons (Fsp3) is 0.333. The van der Waals surface area contributed by atoms with Crippen molar-refractivity contribution < 1.29 is 19.1 Å². The SMILES string of the molecule is COc1cc(Cl)c(C)cc1NC(=O)CSCC(=O)OCCCc1ccccc1. The average Bonchev–Trinajstić information content (AvgIpc) is 2.68. The number of aryl methyl sites for hydroxylation is 2. The van der Waals surface area contributed by atoms with Crippen LogP contribution in [0.1, 0.15) is 17.5 Å². The van der Waals surface area contributed by atoms with E-state index in [2.05, 4.69) is 5.32 Å². The first kappa shape index (κ1) is 22.1. The average molecular weight is 422 g/mol. The molecule has 1 amide bonds. The lowest BCUT2D eigenvalue weighted by Crippen LogP contribution is -2.17. The zero-order chi connectivity index (χ0) is 20.4. The number of thioether (sulfide) groups is 1. The van der Waals surface area contributed by atoms with Gasteiger partial charge in [-0.25, -0.2) is 0 Å². The van der Waals surface area contributed by atoms with E-state index < -0.39 is 0 Å². The number of nitrogens with one attached hydrogen (secondary N) is 1. The molecule has 2 aromatic rings. The van der Waals surface area contributed by atoms with Crippen molar-refractivity contribution in [3.8, 4) is 5.75 Å². The number of carbonyl (C=O) groups is 2. The summed E-state index contributed by atoms with van der Waals surface area (Å²) in [6.45, 7) is 2.22. The van der Waals surface area contributed by atoms with Gasteiger partial charge in [0.2, 0.25) is 5.91 Å². The second-order valence-electron chi connectivity index (χ2n) is 6.15. The summed E-state index contributed by atoms with van der Waals surface area (Å²) < 4.78 is 10.4. The van der Waals surface area contributed by atoms with Crippen LogP contribution in [0.25, 0.3) is 0 Å². The van der Waals surface area contributed by atoms with Crippen LogP contribution >= 0.6 is 23.4 Å². The van der Waals surface area contributed by atoms with Gasteiger partial charge < -0.3 is 14.8 Å². The molecule has 0 heterocycles. The second-order valence-corrected chi connectivity index (χ2v) is 7.55. The Morgan fingerprint density at radius 2 is 1.89 bits per heavy atom. The van der Waals surface area contributed by atoms with Crippen LogP contribution in [-0.2, 0) is 20.7 Å². The lowest BCUT2D eigenvalue weighted by molar-refractivity contribution is -0.140. The van der Waals surface area contributed by atoms with Crippen LogP contribution in [0.2, 0.25) is 5.02 Å². The minimum Gasteiger partial charge on any atom is -0.495 e. The molecule has 0 bridgehead atoms. The maximum Gasteiger partial charge on any atom is 0.315 e. The van der Waals surface area contributed by atoms with Gasteiger partial charge in [-0.3, -0.25) is 9.59 Å². The van der Waals surface area contributed by atoms with Crippen molar-refractivity contribution >= 4 is 40.9 Å². The van der Waals surface area contributed by atoms with E-state index in [9.17, 15) is 9.59 Å². The van der Waals surface area contributed by atoms with Gasteiger partial charge in [-0.1, -0.05) is 41.9 Å². The zero-order valence-corrected chi connectivity index (χ0v) is 17.6. The predicted octanol–water partition coefficient (Wildman–Crippen LogP) is 4.50. The van der Waals surface area contributed by atoms with E-state index in [-0.39, 0.29) is 23.4 Å². The van der Waals surface area contributed by atoms with E-state index >= 15 is 0 Å². The lowest BCUT2D eigenvalue weighted by atomic mass is 10.1. The molecule has 0 fully saturated rings. The van der Waals surface area contributed by atoms with Crippen molar-refractivity contribution in [2.45, 2.75) is 19.8 Å². The molecule has 0 aliphatic rings. The molecular formula is C21H24ClNO4S. The summed E-state index contributed by atoms with van der Waals surface area (Å²) in [7, 11) is 1.51. The van der Waals surface area contributed by atoms with Gasteiger partial charge in [-0.05, 0) is 37.0 Å². The van der Waals surface area contributed by atoms with Crippen LogP contribution in [0.3, 0.4) is 0 Å². The molecule has 150 valence electrons. The Hall–Kier alpha value is -2.18. The molecule has 0 aliphatic carbocycles. The molecule has 5 nitrogen and oxygen atoms in total. The Balaban J connectivity index is 1.65. The highest BCUT2D eigenvalue weighted by Gasteiger charge is 2.11. The van der Waals surface area contributed by atoms with E-state index in [0.717, 1.165) is 18.4 Å². The predicted molar refractivity (Wildman–Crippen MR) is 114 cm³/mol. The van der Waals surface area contributed by atoms with Crippen LogP contribution in [-0.4, -0.2) is 37.1 Å². The van der Waals surface area contributed by atoms with Crippen LogP contribution in [0.15, 0.2) is 42.5 Å². The van der Waals surface area contributed by atoms with Crippen LogP contribution in [0, 0.1) is 6.92 Å². The number of benzene rings is 2. The quantitative estimate of drug-likeness (QED) is 0.451. The van der Waals surface area contributed by atoms with Crippen LogP contribution in [0.4, 0.5) is 5.69 Å². The number of hydrogen-bond acceptors (Lipinski definition) is 5. The van der Waals surface area contributed by atoms with Crippen LogP contribution < -0.4 is 10.1 Å². The second kappa shape index (κ2) is 11.6. The Morgan fingerprint density at radius 3 is 2.61 bits per heavy atom. The summed E-state index contributed by atoms with van der Waals surface area (Å²) in [6.07, 6.45) is 1.64. The third-order valence-electron chi connectivity index (χ3n) is 3.92. The summed E-state index contributed by atoms with van der Waals surface area (Å²) >= 11 is 7.27. The fourth-order valence-corrected chi connectivity index (χ4v) is 3.26. The van der Waals surface area contributed by atoms with Gasteiger partial charge in [-0.15, -0.1) is 11.8 Å². The first-order chi connectivity index (χ1) is 13.5. The zero-order valence-electron chi connectivity index (χ0n) is 16.0. The van der Waals surface area contributed by atoms with Gasteiger partial charge in [-0.2, -0.15) is 0 Å². The van der Waals surface area contributed by atoms with Crippen molar-refractivity contribution in [2.24, 2.45) is 0 Å². The number of hydrogen-bond donors (Lipinski definition) is 1. The first-order valence-corrected chi connectivity index (χ1v) is 10.4. The molecule has 2 rings (SSSR count). The molecule has 0 atom stereocenters. The molecule has 0 saturated carbocycles. The summed E-state index contributed by atoms with van der Waals surface area (Å²) in [5, 5.41) is 3.35. The topological polar surface area (TPSA) is 64.6 Å². The molecule has 2 aromatic carbocycles. The lowest BCUT2D eigenvalue weighted by Gasteiger charge is -2.12. The number of halogens is 1. The third-order valence-corrected chi connectivity index (χ3v) is 5.24. The number of carbonyl (C=O) groups excluding carboxylic acids is 2. The van der Waals surface area contributed by atoms with E-state index in [0.29, 0.717) is 23.1 Å². The van der Waals surface area contributed by atoms with E-state index in [4.69, 9.17) is 21.1 Å². The highest BCUT2D eigenvalue weighted by atomic mass is 35.5. The van der Waals surface area contributed by atoms with Crippen molar-refractivity contribution in [3.05, 3.63) is 58.6 Å². The van der Waals surface area contributed by atoms with Gasteiger partial charge >= 0.3 is 5.97 Å². The van der Waals surface area contributed by atoms with E-state index in [1.165, 1.54) is 24.4 Å². The number of methoxy groups -OCH3 is 1. The molecule has 0 aliphatic heterocycles. The number of ether oxygens (including phenoxy) is 2. The van der Waals surface area contributed by atoms with Gasteiger partial charge in [0.05, 0.1) is 30.9 Å². The molecule has 0 unspecified atom stereocenters. The highest BCUT2D eigenvalue weighted by Crippen LogP contribution is 2.31. The number of rotatable bonds is 10. The van der Waals surface area contributed by atoms with Crippen molar-refractivity contribution in [3.63, 3.8) is 0 Å². The molecule has 1 N–H and O–H groups in total. The molecule has 7 heteroatoms. The van der Waals surface area contributed by atoms with Gasteiger partial charge in [0.25, 0.3) is 0 Å². The maximum atomic E-state index is 12.1. The summed E-state index contributed by atoms with van der Waals surface area (Å²) in [5.41, 5.74) is 2.61. The normalized spacial score (nSPS) is 10.4. The fourth-order valence-electron chi connectivity index (χ4n) is 2.49. The van der Waals surface area contributed by atoms with Crippen molar-refractivity contribution in [2.75, 3.05) is 30.5 Å². The van der Waals surface area contributed by atoms with Crippen molar-refractivity contribution in [1.29, 1.82) is 0 Å². The van der Waals surface area contributed by atoms with Gasteiger partial charge in [0.1, 0.15) is 5.75 Å². The molecule has 0 aromatic heterocycles. The van der Waals surface area contributed by atoms with Crippen LogP contribution in [0.5, 0.6) is 5.75 Å². The third kappa shape index (κ3) is 7.44. The Morgan fingerprint density at radius 1 is 1.14 bits per heavy atom. The summed E-state index contributed by atoms with van der Waals surface area (Å²) in [6, 6.07) is 13.5. The molecule has 28 heavy (non-hydrogen) atoms. The van der Waals surface area contributed by atoms with Gasteiger partial charge in [0, 0.05) is 11.1 Å². The number of amides is 1. The molecule has 0 radical (unpaired) electrons. The molecule has 0 saturated heterocycles. The Bertz CT molecular complexity index is 798. The standard InChI is InChI=1S/C21H24ClNO4S/c1-15-11-18(19(26-2)12-17(15)22)23-20(24)13-28-14-21(25)27-10-6-9-16-7-4-3-5-8-16/h3-5,7-8,11-12H,6,9-10,13-14H2,1-2H3,(H,23,24). The minimum atomic E-state index is -0.314. The number of esters is 1.